The fourth-order valence-corrected chi connectivity index (χ4v) is 2.20. The predicted molar refractivity (Wildman–Crippen MR) is 80.1 cm³/mol. The molecule has 108 valence electrons. The Bertz CT molecular complexity index is 601. The number of hydrogen-bond acceptors (Lipinski definition) is 3. The van der Waals surface area contributed by atoms with Crippen molar-refractivity contribution in [1.82, 2.24) is 9.97 Å². The summed E-state index contributed by atoms with van der Waals surface area (Å²) < 4.78 is 0. The SMILES string of the molecule is CC(C)c1ccccc1NCC(O)Cc1c[nH]c(=O)[nH]1. The number of rotatable bonds is 6. The van der Waals surface area contributed by atoms with E-state index < -0.39 is 6.10 Å². The van der Waals surface area contributed by atoms with Crippen molar-refractivity contribution in [3.63, 3.8) is 0 Å². The number of H-pyrrole nitrogens is 2. The van der Waals surface area contributed by atoms with Gasteiger partial charge in [0.2, 0.25) is 0 Å². The van der Waals surface area contributed by atoms with Gasteiger partial charge in [-0.25, -0.2) is 4.79 Å². The van der Waals surface area contributed by atoms with Gasteiger partial charge in [0.05, 0.1) is 6.10 Å². The van der Waals surface area contributed by atoms with Crippen LogP contribution in [-0.2, 0) is 6.42 Å². The first-order valence-electron chi connectivity index (χ1n) is 6.83. The molecule has 0 fully saturated rings. The van der Waals surface area contributed by atoms with E-state index in [0.717, 1.165) is 5.69 Å². The van der Waals surface area contributed by atoms with Crippen LogP contribution in [0.25, 0.3) is 0 Å². The first-order chi connectivity index (χ1) is 9.56. The fourth-order valence-electron chi connectivity index (χ4n) is 2.20. The summed E-state index contributed by atoms with van der Waals surface area (Å²) in [5, 5.41) is 13.3. The average molecular weight is 275 g/mol. The van der Waals surface area contributed by atoms with E-state index in [-0.39, 0.29) is 5.69 Å². The Morgan fingerprint density at radius 2 is 2.05 bits per heavy atom. The summed E-state index contributed by atoms with van der Waals surface area (Å²) in [6.45, 7) is 4.72. The minimum Gasteiger partial charge on any atom is -0.391 e. The van der Waals surface area contributed by atoms with Crippen molar-refractivity contribution in [3.05, 3.63) is 52.2 Å². The molecular formula is C15H21N3O2. The number of nitrogens with one attached hydrogen (secondary N) is 3. The van der Waals surface area contributed by atoms with Crippen molar-refractivity contribution in [2.24, 2.45) is 0 Å². The molecule has 1 unspecified atom stereocenters. The quantitative estimate of drug-likeness (QED) is 0.649. The van der Waals surface area contributed by atoms with Crippen molar-refractivity contribution in [2.45, 2.75) is 32.3 Å². The van der Waals surface area contributed by atoms with Crippen LogP contribution in [0.5, 0.6) is 0 Å². The zero-order valence-electron chi connectivity index (χ0n) is 11.8. The Kier molecular flexibility index (Phi) is 4.63. The van der Waals surface area contributed by atoms with Gasteiger partial charge in [-0.2, -0.15) is 0 Å². The van der Waals surface area contributed by atoms with Gasteiger partial charge in [-0.15, -0.1) is 0 Å². The topological polar surface area (TPSA) is 80.9 Å². The lowest BCUT2D eigenvalue weighted by Gasteiger charge is -2.16. The monoisotopic (exact) mass is 275 g/mol. The van der Waals surface area contributed by atoms with Crippen LogP contribution in [-0.4, -0.2) is 27.7 Å². The molecule has 5 heteroatoms. The molecule has 0 spiro atoms. The molecule has 2 rings (SSSR count). The fraction of sp³-hybridized carbons (Fsp3) is 0.400. The second-order valence-corrected chi connectivity index (χ2v) is 5.25. The maximum Gasteiger partial charge on any atom is 0.323 e. The Hall–Kier alpha value is -2.01. The minimum atomic E-state index is -0.554. The number of aromatic amines is 2. The van der Waals surface area contributed by atoms with Crippen LogP contribution in [0.2, 0.25) is 0 Å². The van der Waals surface area contributed by atoms with Gasteiger partial charge < -0.3 is 20.4 Å². The number of imidazole rings is 1. The summed E-state index contributed by atoms with van der Waals surface area (Å²) in [4.78, 5) is 16.1. The highest BCUT2D eigenvalue weighted by molar-refractivity contribution is 5.52. The smallest absolute Gasteiger partial charge is 0.323 e. The van der Waals surface area contributed by atoms with E-state index in [2.05, 4.69) is 35.2 Å². The molecule has 0 amide bonds. The number of aliphatic hydroxyl groups excluding tert-OH is 1. The molecule has 1 aromatic heterocycles. The summed E-state index contributed by atoms with van der Waals surface area (Å²) in [5.74, 6) is 0.428. The van der Waals surface area contributed by atoms with Crippen molar-refractivity contribution >= 4 is 5.69 Å². The average Bonchev–Trinajstić information content (AvgIpc) is 2.82. The van der Waals surface area contributed by atoms with Crippen molar-refractivity contribution in [3.8, 4) is 0 Å². The first kappa shape index (κ1) is 14.4. The second kappa shape index (κ2) is 6.43. The number of aliphatic hydroxyl groups is 1. The van der Waals surface area contributed by atoms with E-state index >= 15 is 0 Å². The van der Waals surface area contributed by atoms with Gasteiger partial charge in [0.25, 0.3) is 0 Å². The number of hydrogen-bond donors (Lipinski definition) is 4. The van der Waals surface area contributed by atoms with Crippen LogP contribution in [0, 0.1) is 0 Å². The third-order valence-electron chi connectivity index (χ3n) is 3.22. The third-order valence-corrected chi connectivity index (χ3v) is 3.22. The van der Waals surface area contributed by atoms with E-state index in [1.165, 1.54) is 5.56 Å². The predicted octanol–water partition coefficient (Wildman–Crippen LogP) is 1.84. The van der Waals surface area contributed by atoms with Gasteiger partial charge in [-0.1, -0.05) is 32.0 Å². The molecule has 2 aromatic rings. The zero-order valence-corrected chi connectivity index (χ0v) is 11.8. The summed E-state index contributed by atoms with van der Waals surface area (Å²) >= 11 is 0. The van der Waals surface area contributed by atoms with Gasteiger partial charge in [0, 0.05) is 30.5 Å². The van der Waals surface area contributed by atoms with Crippen LogP contribution in [0.3, 0.4) is 0 Å². The molecule has 0 aliphatic rings. The van der Waals surface area contributed by atoms with Gasteiger partial charge in [0.1, 0.15) is 0 Å². The maximum atomic E-state index is 11.0. The molecule has 4 N–H and O–H groups in total. The largest absolute Gasteiger partial charge is 0.391 e. The lowest BCUT2D eigenvalue weighted by Crippen LogP contribution is -2.23. The van der Waals surface area contributed by atoms with E-state index in [4.69, 9.17) is 0 Å². The Morgan fingerprint density at radius 1 is 1.30 bits per heavy atom. The molecule has 1 heterocycles. The Balaban J connectivity index is 1.93. The van der Waals surface area contributed by atoms with E-state index in [9.17, 15) is 9.90 Å². The molecule has 0 bridgehead atoms. The van der Waals surface area contributed by atoms with Crippen molar-refractivity contribution < 1.29 is 5.11 Å². The van der Waals surface area contributed by atoms with Crippen LogP contribution in [0.4, 0.5) is 5.69 Å². The standard InChI is InChI=1S/C15H21N3O2/c1-10(2)13-5-3-4-6-14(13)16-9-12(19)7-11-8-17-15(20)18-11/h3-6,8,10,12,16,19H,7,9H2,1-2H3,(H2,17,18,20). The molecular weight excluding hydrogens is 254 g/mol. The van der Waals surface area contributed by atoms with Crippen molar-refractivity contribution in [1.29, 1.82) is 0 Å². The van der Waals surface area contributed by atoms with Crippen molar-refractivity contribution in [2.75, 3.05) is 11.9 Å². The molecule has 20 heavy (non-hydrogen) atoms. The van der Waals surface area contributed by atoms with Gasteiger partial charge in [0.15, 0.2) is 0 Å². The second-order valence-electron chi connectivity index (χ2n) is 5.25. The van der Waals surface area contributed by atoms with Gasteiger partial charge in [-0.3, -0.25) is 0 Å². The molecule has 0 radical (unpaired) electrons. The Labute approximate surface area is 118 Å². The minimum absolute atomic E-state index is 0.245. The van der Waals surface area contributed by atoms with Crippen LogP contribution in [0.15, 0.2) is 35.3 Å². The van der Waals surface area contributed by atoms with E-state index in [0.29, 0.717) is 24.6 Å². The molecule has 0 aliphatic heterocycles. The first-order valence-corrected chi connectivity index (χ1v) is 6.83. The number of anilines is 1. The molecule has 0 aliphatic carbocycles. The lowest BCUT2D eigenvalue weighted by molar-refractivity contribution is 0.187. The summed E-state index contributed by atoms with van der Waals surface area (Å²) in [5.41, 5.74) is 2.74. The highest BCUT2D eigenvalue weighted by Crippen LogP contribution is 2.23. The van der Waals surface area contributed by atoms with Gasteiger partial charge >= 0.3 is 5.69 Å². The normalized spacial score (nSPS) is 12.6. The summed E-state index contributed by atoms with van der Waals surface area (Å²) in [6, 6.07) is 8.09. The maximum absolute atomic E-state index is 11.0. The number of aromatic nitrogens is 2. The Morgan fingerprint density at radius 3 is 2.70 bits per heavy atom. The molecule has 0 saturated carbocycles. The molecule has 1 atom stereocenters. The lowest BCUT2D eigenvalue weighted by atomic mass is 10.0. The van der Waals surface area contributed by atoms with Crippen LogP contribution >= 0.6 is 0 Å². The highest BCUT2D eigenvalue weighted by Gasteiger charge is 2.09. The number of benzene rings is 1. The van der Waals surface area contributed by atoms with E-state index in [1.807, 2.05) is 18.2 Å². The molecule has 0 saturated heterocycles. The van der Waals surface area contributed by atoms with Gasteiger partial charge in [-0.05, 0) is 17.5 Å². The summed E-state index contributed by atoms with van der Waals surface area (Å²) in [6.07, 6.45) is 1.45. The van der Waals surface area contributed by atoms with Crippen LogP contribution in [0.1, 0.15) is 31.0 Å². The summed E-state index contributed by atoms with van der Waals surface area (Å²) in [7, 11) is 0. The third kappa shape index (κ3) is 3.74. The van der Waals surface area contributed by atoms with E-state index in [1.54, 1.807) is 6.20 Å². The molecule has 5 nitrogen and oxygen atoms in total. The highest BCUT2D eigenvalue weighted by atomic mass is 16.3. The zero-order chi connectivity index (χ0) is 14.5. The number of para-hydroxylation sites is 1. The van der Waals surface area contributed by atoms with Crippen LogP contribution < -0.4 is 11.0 Å². The molecule has 1 aromatic carbocycles.